The Morgan fingerprint density at radius 3 is 1.63 bits per heavy atom. The van der Waals surface area contributed by atoms with Crippen LogP contribution in [-0.4, -0.2) is 175 Å². The Kier molecular flexibility index (Phi) is 27.8. The highest BCUT2D eigenvalue weighted by molar-refractivity contribution is 5.99. The number of carbonyl (C=O) groups is 10. The third-order valence-corrected chi connectivity index (χ3v) is 10.4. The zero-order chi connectivity index (χ0) is 49.1. The lowest BCUT2D eigenvalue weighted by Gasteiger charge is -2.26. The topological polar surface area (TPSA) is 383 Å². The number of rotatable bonds is 30. The number of nitrogens with zero attached hydrogens (tertiary/aromatic N) is 2. The van der Waals surface area contributed by atoms with Gasteiger partial charge in [0.05, 0.1) is 13.2 Å². The lowest BCUT2D eigenvalue weighted by atomic mass is 10.1. The van der Waals surface area contributed by atoms with Crippen LogP contribution >= 0.6 is 0 Å². The summed E-state index contributed by atoms with van der Waals surface area (Å²) in [5, 5.41) is 76.2. The van der Waals surface area contributed by atoms with Gasteiger partial charge in [-0.05, 0) is 38.5 Å². The molecule has 0 spiro atoms. The van der Waals surface area contributed by atoms with Gasteiger partial charge in [0.25, 0.3) is 5.91 Å². The van der Waals surface area contributed by atoms with Crippen LogP contribution in [0.15, 0.2) is 0 Å². The number of unbranched alkanes of at least 4 members (excludes halogenated alkanes) is 8. The number of nitrogens with one attached hydrogen (secondary N) is 7. The van der Waals surface area contributed by atoms with E-state index in [2.05, 4.69) is 44.1 Å². The highest BCUT2D eigenvalue weighted by Gasteiger charge is 2.38. The number of aliphatic hydroxyl groups excluding tert-OH is 3. The van der Waals surface area contributed by atoms with Crippen molar-refractivity contribution in [3.63, 3.8) is 0 Å². The second kappa shape index (κ2) is 31.4. The van der Waals surface area contributed by atoms with E-state index in [0.29, 0.717) is 16.5 Å². The quantitative estimate of drug-likeness (QED) is 0.0192. The molecule has 1 heterocycles. The minimum absolute atomic E-state index is 0.00735. The molecular weight excluding hydrogens is 862 g/mol. The van der Waals surface area contributed by atoms with Gasteiger partial charge in [-0.15, -0.1) is 0 Å². The first kappa shape index (κ1) is 57.5. The van der Waals surface area contributed by atoms with Gasteiger partial charge in [0.1, 0.15) is 36.3 Å². The number of aliphatic carboxylic acids is 1. The van der Waals surface area contributed by atoms with Crippen LogP contribution in [0.25, 0.3) is 0 Å². The zero-order valence-electron chi connectivity index (χ0n) is 37.3. The smallest absolute Gasteiger partial charge is 0.326 e. The van der Waals surface area contributed by atoms with Gasteiger partial charge in [-0.1, -0.05) is 58.3 Å². The van der Waals surface area contributed by atoms with E-state index in [9.17, 15) is 78.8 Å². The number of hydroxylamine groups is 4. The third-order valence-electron chi connectivity index (χ3n) is 10.4. The van der Waals surface area contributed by atoms with E-state index >= 15 is 0 Å². The first-order valence-electron chi connectivity index (χ1n) is 21.9. The molecule has 7 atom stereocenters. The van der Waals surface area contributed by atoms with Crippen molar-refractivity contribution < 1.29 is 78.8 Å². The Morgan fingerprint density at radius 2 is 1.12 bits per heavy atom. The normalized spacial score (nSPS) is 18.1. The first-order valence-corrected chi connectivity index (χ1v) is 21.9. The summed E-state index contributed by atoms with van der Waals surface area (Å²) >= 11 is 0. The average Bonchev–Trinajstić information content (AvgIpc) is 3.30. The Labute approximate surface area is 377 Å². The van der Waals surface area contributed by atoms with Crippen molar-refractivity contribution in [2.75, 3.05) is 32.8 Å². The molecule has 1 rings (SSSR count). The van der Waals surface area contributed by atoms with E-state index in [1.165, 1.54) is 12.8 Å². The largest absolute Gasteiger partial charge is 0.480 e. The molecule has 9 amide bonds. The lowest BCUT2D eigenvalue weighted by molar-refractivity contribution is -0.163. The van der Waals surface area contributed by atoms with Crippen molar-refractivity contribution in [1.29, 1.82) is 0 Å². The maximum atomic E-state index is 13.5. The molecule has 1 saturated heterocycles. The Morgan fingerprint density at radius 1 is 0.662 bits per heavy atom. The van der Waals surface area contributed by atoms with E-state index < -0.39 is 115 Å². The molecule has 0 bridgehead atoms. The summed E-state index contributed by atoms with van der Waals surface area (Å²) in [7, 11) is 0. The molecule has 0 aromatic carbocycles. The zero-order valence-corrected chi connectivity index (χ0v) is 37.3. The Hall–Kier alpha value is -5.50. The van der Waals surface area contributed by atoms with Gasteiger partial charge in [-0.3, -0.25) is 53.6 Å². The molecule has 0 aromatic heterocycles. The van der Waals surface area contributed by atoms with Crippen LogP contribution in [0, 0.1) is 0 Å². The highest BCUT2D eigenvalue weighted by Crippen LogP contribution is 2.12. The average molecular weight is 932 g/mol. The summed E-state index contributed by atoms with van der Waals surface area (Å²) < 4.78 is 0. The SMILES string of the molecule is CCCCCCCCCCCC(=O)NC1C(=O)NC(C(=O)N[C@H](CO)C(=O)N[C@H](CCCN(O)C(C)=O)C(=O)N[C@@H](CO)C(=O)N[C@@H](CCCN(O)C(C)=O)C(=O)O)CCNC(=O)C1O. The molecule has 13 N–H and O–H groups in total. The van der Waals surface area contributed by atoms with Crippen LogP contribution in [0.5, 0.6) is 0 Å². The fourth-order valence-corrected chi connectivity index (χ4v) is 6.46. The van der Waals surface area contributed by atoms with E-state index in [0.717, 1.165) is 52.4 Å². The van der Waals surface area contributed by atoms with Gasteiger partial charge in [-0.25, -0.2) is 14.9 Å². The number of carboxylic acid groups (broad SMARTS) is 1. The molecule has 0 aliphatic carbocycles. The second-order valence-electron chi connectivity index (χ2n) is 15.7. The molecule has 1 fully saturated rings. The number of carbonyl (C=O) groups excluding carboxylic acids is 9. The van der Waals surface area contributed by atoms with E-state index in [1.807, 2.05) is 0 Å². The first-order chi connectivity index (χ1) is 30.8. The van der Waals surface area contributed by atoms with Crippen molar-refractivity contribution in [3.8, 4) is 0 Å². The fraction of sp³-hybridized carbons (Fsp3) is 0.750. The van der Waals surface area contributed by atoms with Crippen LogP contribution in [0.2, 0.25) is 0 Å². The van der Waals surface area contributed by atoms with Gasteiger partial charge < -0.3 is 57.6 Å². The Bertz CT molecular complexity index is 1600. The molecule has 370 valence electrons. The number of carboxylic acids is 1. The molecule has 0 aromatic rings. The van der Waals surface area contributed by atoms with Gasteiger partial charge in [0, 0.05) is 39.9 Å². The summed E-state index contributed by atoms with van der Waals surface area (Å²) in [5.74, 6) is -10.3. The van der Waals surface area contributed by atoms with Gasteiger partial charge >= 0.3 is 5.97 Å². The summed E-state index contributed by atoms with van der Waals surface area (Å²) in [6.45, 7) is 1.23. The molecule has 3 unspecified atom stereocenters. The van der Waals surface area contributed by atoms with Crippen LogP contribution in [0.1, 0.15) is 117 Å². The second-order valence-corrected chi connectivity index (χ2v) is 15.7. The number of hydrogen-bond acceptors (Lipinski definition) is 15. The van der Waals surface area contributed by atoms with Crippen molar-refractivity contribution in [2.45, 2.75) is 159 Å². The molecule has 25 nitrogen and oxygen atoms in total. The minimum Gasteiger partial charge on any atom is -0.480 e. The molecule has 1 aliphatic heterocycles. The van der Waals surface area contributed by atoms with Crippen LogP contribution in [0.3, 0.4) is 0 Å². The van der Waals surface area contributed by atoms with E-state index in [-0.39, 0.29) is 58.2 Å². The predicted molar refractivity (Wildman–Crippen MR) is 226 cm³/mol. The lowest BCUT2D eigenvalue weighted by Crippen LogP contribution is -2.61. The summed E-state index contributed by atoms with van der Waals surface area (Å²) in [5.41, 5.74) is 0. The Balaban J connectivity index is 3.07. The fourth-order valence-electron chi connectivity index (χ4n) is 6.46. The molecule has 0 saturated carbocycles. The minimum atomic E-state index is -2.02. The predicted octanol–water partition coefficient (Wildman–Crippen LogP) is -3.20. The van der Waals surface area contributed by atoms with Crippen LogP contribution in [-0.2, 0) is 47.9 Å². The van der Waals surface area contributed by atoms with Crippen molar-refractivity contribution in [1.82, 2.24) is 47.3 Å². The standard InChI is InChI=1S/C40H69N9O16/c1-4-5-6-7-8-9-10-11-12-17-31(54)47-32-33(55)39(61)41-19-18-27(43-38(32)60)35(57)46-29(22-50)36(58)42-26(15-13-20-48(64)24(2)52)34(56)45-30(23-51)37(59)44-28(40(62)63)16-14-21-49(65)25(3)53/h26-30,32-33,50-51,55,64-65H,4-23H2,1-3H3,(H,41,61)(H,42,58)(H,43,60)(H,44,59)(H,45,56)(H,46,57)(H,47,54)(H,62,63)/t26-,27?,28+,29-,30+,32?,33?/m1/s1. The van der Waals surface area contributed by atoms with Crippen LogP contribution in [0.4, 0.5) is 0 Å². The van der Waals surface area contributed by atoms with Crippen molar-refractivity contribution >= 4 is 59.1 Å². The van der Waals surface area contributed by atoms with Gasteiger partial charge in [-0.2, -0.15) is 0 Å². The third kappa shape index (κ3) is 22.3. The van der Waals surface area contributed by atoms with Crippen LogP contribution < -0.4 is 37.2 Å². The molecule has 25 heteroatoms. The monoisotopic (exact) mass is 931 g/mol. The van der Waals surface area contributed by atoms with Gasteiger partial charge in [0.2, 0.25) is 47.3 Å². The molecule has 0 radical (unpaired) electrons. The number of aliphatic hydroxyl groups is 3. The summed E-state index contributed by atoms with van der Waals surface area (Å²) in [4.78, 5) is 127. The molecular formula is C40H69N9O16. The maximum Gasteiger partial charge on any atom is 0.326 e. The highest BCUT2D eigenvalue weighted by atomic mass is 16.5. The van der Waals surface area contributed by atoms with Gasteiger partial charge in [0.15, 0.2) is 6.10 Å². The van der Waals surface area contributed by atoms with E-state index in [4.69, 9.17) is 0 Å². The number of amides is 9. The maximum absolute atomic E-state index is 13.5. The molecule has 1 aliphatic rings. The van der Waals surface area contributed by atoms with E-state index in [1.54, 1.807) is 0 Å². The summed E-state index contributed by atoms with van der Waals surface area (Å²) in [6.07, 6.45) is 5.75. The van der Waals surface area contributed by atoms with Crippen molar-refractivity contribution in [2.24, 2.45) is 0 Å². The van der Waals surface area contributed by atoms with Crippen molar-refractivity contribution in [3.05, 3.63) is 0 Å². The molecule has 65 heavy (non-hydrogen) atoms. The number of hydrogen-bond donors (Lipinski definition) is 13. The summed E-state index contributed by atoms with van der Waals surface area (Å²) in [6, 6.07) is -10.1.